The van der Waals surface area contributed by atoms with Gasteiger partial charge in [-0.1, -0.05) is 6.07 Å². The van der Waals surface area contributed by atoms with Gasteiger partial charge in [0.15, 0.2) is 0 Å². The lowest BCUT2D eigenvalue weighted by molar-refractivity contribution is 0.419. The second-order valence-electron chi connectivity index (χ2n) is 4.13. The Morgan fingerprint density at radius 3 is 2.93 bits per heavy atom. The van der Waals surface area contributed by atoms with E-state index in [2.05, 4.69) is 17.2 Å². The Bertz CT molecular complexity index is 503. The molecule has 1 saturated carbocycles. The van der Waals surface area contributed by atoms with E-state index in [9.17, 15) is 0 Å². The van der Waals surface area contributed by atoms with Crippen molar-refractivity contribution in [2.24, 2.45) is 5.73 Å². The van der Waals surface area contributed by atoms with Gasteiger partial charge in [0.1, 0.15) is 5.75 Å². The van der Waals surface area contributed by atoms with Gasteiger partial charge in [0.25, 0.3) is 0 Å². The summed E-state index contributed by atoms with van der Waals surface area (Å²) in [6.07, 6.45) is 3.15. The molecule has 0 bridgehead atoms. The number of methoxy groups -OCH3 is 1. The highest BCUT2D eigenvalue weighted by molar-refractivity contribution is 5.90. The van der Waals surface area contributed by atoms with Crippen LogP contribution >= 0.6 is 0 Å². The molecule has 0 aliphatic heterocycles. The molecule has 78 valence electrons. The van der Waals surface area contributed by atoms with Crippen molar-refractivity contribution in [1.29, 1.82) is 0 Å². The maximum absolute atomic E-state index is 5.89. The highest BCUT2D eigenvalue weighted by atomic mass is 16.5. The van der Waals surface area contributed by atoms with Crippen molar-refractivity contribution >= 4 is 10.9 Å². The number of hydrogen-bond acceptors (Lipinski definition) is 2. The van der Waals surface area contributed by atoms with E-state index < -0.39 is 0 Å². The zero-order chi connectivity index (χ0) is 10.4. The van der Waals surface area contributed by atoms with Gasteiger partial charge in [-0.3, -0.25) is 0 Å². The van der Waals surface area contributed by atoms with E-state index in [0.29, 0.717) is 12.0 Å². The smallest absolute Gasteiger partial charge is 0.128 e. The third kappa shape index (κ3) is 1.23. The van der Waals surface area contributed by atoms with Gasteiger partial charge in [0.2, 0.25) is 0 Å². The lowest BCUT2D eigenvalue weighted by Gasteiger charge is -2.03. The molecular weight excluding hydrogens is 188 g/mol. The van der Waals surface area contributed by atoms with Crippen LogP contribution in [0.3, 0.4) is 0 Å². The summed E-state index contributed by atoms with van der Waals surface area (Å²) in [5, 5.41) is 1.19. The second-order valence-corrected chi connectivity index (χ2v) is 4.13. The van der Waals surface area contributed by atoms with Crippen LogP contribution in [0.4, 0.5) is 0 Å². The van der Waals surface area contributed by atoms with Crippen LogP contribution in [-0.2, 0) is 0 Å². The van der Waals surface area contributed by atoms with Crippen molar-refractivity contribution in [1.82, 2.24) is 4.98 Å². The predicted molar refractivity (Wildman–Crippen MR) is 60.2 cm³/mol. The van der Waals surface area contributed by atoms with Gasteiger partial charge >= 0.3 is 0 Å². The van der Waals surface area contributed by atoms with E-state index in [1.54, 1.807) is 7.11 Å². The number of ether oxygens (including phenoxy) is 1. The van der Waals surface area contributed by atoms with E-state index in [1.165, 1.54) is 10.9 Å². The topological polar surface area (TPSA) is 51.0 Å². The lowest BCUT2D eigenvalue weighted by Crippen LogP contribution is -2.00. The molecule has 3 N–H and O–H groups in total. The summed E-state index contributed by atoms with van der Waals surface area (Å²) in [6, 6.07) is 6.38. The minimum Gasteiger partial charge on any atom is -0.496 e. The molecule has 1 aromatic heterocycles. The fourth-order valence-electron chi connectivity index (χ4n) is 2.21. The number of nitrogens with two attached hydrogens (primary N) is 1. The van der Waals surface area contributed by atoms with Crippen molar-refractivity contribution in [2.75, 3.05) is 7.11 Å². The van der Waals surface area contributed by atoms with Crippen LogP contribution in [0.1, 0.15) is 17.9 Å². The Morgan fingerprint density at radius 2 is 2.27 bits per heavy atom. The van der Waals surface area contributed by atoms with Gasteiger partial charge in [-0.15, -0.1) is 0 Å². The number of aromatic nitrogens is 1. The monoisotopic (exact) mass is 202 g/mol. The third-order valence-corrected chi connectivity index (χ3v) is 3.16. The van der Waals surface area contributed by atoms with Gasteiger partial charge in [-0.2, -0.15) is 0 Å². The summed E-state index contributed by atoms with van der Waals surface area (Å²) in [5.74, 6) is 1.44. The molecular formula is C12H14N2O. The molecule has 1 aromatic carbocycles. The minimum atomic E-state index is 0.328. The van der Waals surface area contributed by atoms with Crippen LogP contribution in [0.5, 0.6) is 5.75 Å². The first-order valence-electron chi connectivity index (χ1n) is 5.21. The molecule has 2 aromatic rings. The first-order chi connectivity index (χ1) is 7.31. The van der Waals surface area contributed by atoms with E-state index in [1.807, 2.05) is 12.1 Å². The van der Waals surface area contributed by atoms with Crippen LogP contribution in [0, 0.1) is 0 Å². The zero-order valence-electron chi connectivity index (χ0n) is 8.66. The van der Waals surface area contributed by atoms with Gasteiger partial charge in [-0.05, 0) is 24.1 Å². The molecule has 0 saturated heterocycles. The number of H-pyrrole nitrogens is 1. The summed E-state index contributed by atoms with van der Waals surface area (Å²) in [4.78, 5) is 3.27. The SMILES string of the molecule is COc1cccc2[nH]cc([C@H]3C[C@@H]3N)c12. The molecule has 0 amide bonds. The average Bonchev–Trinajstić information content (AvgIpc) is 2.82. The average molecular weight is 202 g/mol. The Labute approximate surface area is 88.2 Å². The van der Waals surface area contributed by atoms with Crippen LogP contribution in [0.2, 0.25) is 0 Å². The van der Waals surface area contributed by atoms with E-state index in [0.717, 1.165) is 17.7 Å². The van der Waals surface area contributed by atoms with Gasteiger partial charge < -0.3 is 15.5 Å². The van der Waals surface area contributed by atoms with Crippen molar-refractivity contribution in [3.63, 3.8) is 0 Å². The fraction of sp³-hybridized carbons (Fsp3) is 0.333. The third-order valence-electron chi connectivity index (χ3n) is 3.16. The second kappa shape index (κ2) is 3.00. The van der Waals surface area contributed by atoms with E-state index in [-0.39, 0.29) is 0 Å². The Hall–Kier alpha value is -1.48. The molecule has 15 heavy (non-hydrogen) atoms. The summed E-state index contributed by atoms with van der Waals surface area (Å²) in [5.41, 5.74) is 8.31. The summed E-state index contributed by atoms with van der Waals surface area (Å²) < 4.78 is 5.38. The first-order valence-corrected chi connectivity index (χ1v) is 5.21. The normalized spacial score (nSPS) is 24.4. The van der Waals surface area contributed by atoms with Crippen molar-refractivity contribution in [2.45, 2.75) is 18.4 Å². The summed E-state index contributed by atoms with van der Waals surface area (Å²) in [6.45, 7) is 0. The fourth-order valence-corrected chi connectivity index (χ4v) is 2.21. The molecule has 1 aliphatic rings. The Balaban J connectivity index is 2.22. The van der Waals surface area contributed by atoms with Crippen LogP contribution in [-0.4, -0.2) is 18.1 Å². The zero-order valence-corrected chi connectivity index (χ0v) is 8.66. The summed E-state index contributed by atoms with van der Waals surface area (Å²) in [7, 11) is 1.71. The number of aromatic amines is 1. The number of fused-ring (bicyclic) bond motifs is 1. The predicted octanol–water partition coefficient (Wildman–Crippen LogP) is 1.99. The standard InChI is InChI=1S/C12H14N2O/c1-15-11-4-2-3-10-12(11)8(6-14-10)7-5-9(7)13/h2-4,6-7,9,14H,5,13H2,1H3/t7-,9+/m1/s1. The Morgan fingerprint density at radius 1 is 1.47 bits per heavy atom. The highest BCUT2D eigenvalue weighted by Crippen LogP contribution is 2.44. The molecule has 0 unspecified atom stereocenters. The van der Waals surface area contributed by atoms with Gasteiger partial charge in [-0.25, -0.2) is 0 Å². The number of nitrogens with one attached hydrogen (secondary N) is 1. The first kappa shape index (κ1) is 8.80. The molecule has 2 atom stereocenters. The number of hydrogen-bond donors (Lipinski definition) is 2. The molecule has 3 rings (SSSR count). The molecule has 0 radical (unpaired) electrons. The van der Waals surface area contributed by atoms with Crippen molar-refractivity contribution < 1.29 is 4.74 Å². The highest BCUT2D eigenvalue weighted by Gasteiger charge is 2.37. The molecule has 3 heteroatoms. The number of rotatable bonds is 2. The van der Waals surface area contributed by atoms with Crippen molar-refractivity contribution in [3.8, 4) is 5.75 Å². The quantitative estimate of drug-likeness (QED) is 0.782. The Kier molecular flexibility index (Phi) is 1.76. The maximum atomic E-state index is 5.89. The van der Waals surface area contributed by atoms with Crippen molar-refractivity contribution in [3.05, 3.63) is 30.0 Å². The van der Waals surface area contributed by atoms with E-state index >= 15 is 0 Å². The van der Waals surface area contributed by atoms with Crippen LogP contribution < -0.4 is 10.5 Å². The summed E-state index contributed by atoms with van der Waals surface area (Å²) >= 11 is 0. The largest absolute Gasteiger partial charge is 0.496 e. The molecule has 3 nitrogen and oxygen atoms in total. The molecule has 0 spiro atoms. The molecule has 1 aliphatic carbocycles. The maximum Gasteiger partial charge on any atom is 0.128 e. The lowest BCUT2D eigenvalue weighted by atomic mass is 10.1. The van der Waals surface area contributed by atoms with E-state index in [4.69, 9.17) is 10.5 Å². The van der Waals surface area contributed by atoms with Crippen LogP contribution in [0.15, 0.2) is 24.4 Å². The van der Waals surface area contributed by atoms with Gasteiger partial charge in [0.05, 0.1) is 7.11 Å². The van der Waals surface area contributed by atoms with Gasteiger partial charge in [0, 0.05) is 29.1 Å². The number of benzene rings is 1. The van der Waals surface area contributed by atoms with Crippen LogP contribution in [0.25, 0.3) is 10.9 Å². The molecule has 1 heterocycles. The molecule has 1 fully saturated rings. The minimum absolute atomic E-state index is 0.328.